The van der Waals surface area contributed by atoms with E-state index in [-0.39, 0.29) is 5.41 Å². The molecule has 0 unspecified atom stereocenters. The Morgan fingerprint density at radius 3 is 1.88 bits per heavy atom. The molecule has 87 valence electrons. The first-order chi connectivity index (χ1) is 8.05. The highest BCUT2D eigenvalue weighted by Crippen LogP contribution is 2.26. The van der Waals surface area contributed by atoms with Crippen molar-refractivity contribution in [1.29, 1.82) is 0 Å². The summed E-state index contributed by atoms with van der Waals surface area (Å²) in [5.74, 6) is 1.71. The first-order valence-electron chi connectivity index (χ1n) is 5.80. The minimum absolute atomic E-state index is 0.181. The van der Waals surface area contributed by atoms with Crippen molar-refractivity contribution in [3.05, 3.63) is 60.2 Å². The van der Waals surface area contributed by atoms with Crippen LogP contribution in [0.15, 0.2) is 48.5 Å². The van der Waals surface area contributed by atoms with Gasteiger partial charge in [-0.25, -0.2) is 0 Å². The number of hydrogen-bond donors (Lipinski definition) is 0. The lowest BCUT2D eigenvalue weighted by atomic mass is 9.87. The number of ether oxygens (including phenoxy) is 1. The highest BCUT2D eigenvalue weighted by Gasteiger charge is 2.12. The Balaban J connectivity index is 2.14. The van der Waals surface area contributed by atoms with Gasteiger partial charge in [0.1, 0.15) is 11.5 Å². The van der Waals surface area contributed by atoms with E-state index in [4.69, 9.17) is 4.74 Å². The van der Waals surface area contributed by atoms with E-state index in [1.165, 1.54) is 5.56 Å². The van der Waals surface area contributed by atoms with Gasteiger partial charge in [0, 0.05) is 0 Å². The standard InChI is InChI=1S/C16H17O/c1-16(2,3)13-9-11-15(12-10-13)17-14-7-5-4-6-8-14/h5-12H,1-3H3. The fraction of sp³-hybridized carbons (Fsp3) is 0.250. The zero-order valence-corrected chi connectivity index (χ0v) is 10.5. The summed E-state index contributed by atoms with van der Waals surface area (Å²) in [6, 6.07) is 18.7. The number of rotatable bonds is 2. The predicted octanol–water partition coefficient (Wildman–Crippen LogP) is 4.58. The molecule has 0 fully saturated rings. The Labute approximate surface area is 103 Å². The topological polar surface area (TPSA) is 9.23 Å². The molecule has 0 aliphatic heterocycles. The summed E-state index contributed by atoms with van der Waals surface area (Å²) in [6.07, 6.45) is 0. The predicted molar refractivity (Wildman–Crippen MR) is 70.5 cm³/mol. The molecular formula is C16H17O. The highest BCUT2D eigenvalue weighted by atomic mass is 16.5. The summed E-state index contributed by atoms with van der Waals surface area (Å²) >= 11 is 0. The molecule has 0 saturated carbocycles. The van der Waals surface area contributed by atoms with Crippen molar-refractivity contribution in [2.24, 2.45) is 0 Å². The Morgan fingerprint density at radius 1 is 0.824 bits per heavy atom. The Bertz CT molecular complexity index is 463. The second kappa shape index (κ2) is 4.62. The molecular weight excluding hydrogens is 208 g/mol. The molecule has 1 radical (unpaired) electrons. The zero-order valence-electron chi connectivity index (χ0n) is 10.5. The van der Waals surface area contributed by atoms with Gasteiger partial charge in [0.2, 0.25) is 0 Å². The van der Waals surface area contributed by atoms with Crippen molar-refractivity contribution in [2.75, 3.05) is 0 Å². The van der Waals surface area contributed by atoms with Crippen LogP contribution in [-0.4, -0.2) is 0 Å². The van der Waals surface area contributed by atoms with Crippen LogP contribution in [0.2, 0.25) is 0 Å². The van der Waals surface area contributed by atoms with Gasteiger partial charge in [0.05, 0.1) is 0 Å². The summed E-state index contributed by atoms with van der Waals surface area (Å²) in [5, 5.41) is 0. The third-order valence-corrected chi connectivity index (χ3v) is 2.64. The first kappa shape index (κ1) is 11.7. The molecule has 1 nitrogen and oxygen atoms in total. The van der Waals surface area contributed by atoms with Gasteiger partial charge in [-0.1, -0.05) is 45.0 Å². The van der Waals surface area contributed by atoms with Crippen molar-refractivity contribution in [2.45, 2.75) is 26.2 Å². The Kier molecular flexibility index (Phi) is 3.19. The molecule has 0 saturated heterocycles. The quantitative estimate of drug-likeness (QED) is 0.727. The maximum Gasteiger partial charge on any atom is 0.127 e. The smallest absolute Gasteiger partial charge is 0.127 e. The third-order valence-electron chi connectivity index (χ3n) is 2.64. The second-order valence-corrected chi connectivity index (χ2v) is 5.11. The van der Waals surface area contributed by atoms with Gasteiger partial charge in [-0.05, 0) is 41.3 Å². The fourth-order valence-electron chi connectivity index (χ4n) is 1.60. The molecule has 0 N–H and O–H groups in total. The molecule has 0 atom stereocenters. The number of benzene rings is 2. The summed E-state index contributed by atoms with van der Waals surface area (Å²) in [4.78, 5) is 0. The van der Waals surface area contributed by atoms with Crippen LogP contribution in [0.4, 0.5) is 0 Å². The van der Waals surface area contributed by atoms with Gasteiger partial charge < -0.3 is 4.74 Å². The van der Waals surface area contributed by atoms with Crippen molar-refractivity contribution in [3.8, 4) is 11.5 Å². The van der Waals surface area contributed by atoms with E-state index in [1.54, 1.807) is 0 Å². The van der Waals surface area contributed by atoms with E-state index in [0.717, 1.165) is 11.5 Å². The Morgan fingerprint density at radius 2 is 1.35 bits per heavy atom. The number of hydrogen-bond acceptors (Lipinski definition) is 1. The van der Waals surface area contributed by atoms with E-state index < -0.39 is 0 Å². The minimum Gasteiger partial charge on any atom is -0.457 e. The summed E-state index contributed by atoms with van der Waals surface area (Å²) in [7, 11) is 0. The van der Waals surface area contributed by atoms with E-state index in [0.29, 0.717) is 0 Å². The van der Waals surface area contributed by atoms with Crippen LogP contribution in [0.1, 0.15) is 26.3 Å². The lowest BCUT2D eigenvalue weighted by molar-refractivity contribution is 0.481. The maximum absolute atomic E-state index is 5.73. The lowest BCUT2D eigenvalue weighted by Crippen LogP contribution is -2.10. The molecule has 0 spiro atoms. The van der Waals surface area contributed by atoms with Crippen LogP contribution >= 0.6 is 0 Å². The van der Waals surface area contributed by atoms with E-state index in [9.17, 15) is 0 Å². The molecule has 2 aromatic carbocycles. The molecule has 0 heterocycles. The molecule has 1 heteroatoms. The largest absolute Gasteiger partial charge is 0.457 e. The monoisotopic (exact) mass is 225 g/mol. The normalized spacial score (nSPS) is 11.2. The first-order valence-corrected chi connectivity index (χ1v) is 5.80. The van der Waals surface area contributed by atoms with Crippen LogP contribution in [0, 0.1) is 6.07 Å². The van der Waals surface area contributed by atoms with Crippen LogP contribution in [0.5, 0.6) is 11.5 Å². The second-order valence-electron chi connectivity index (χ2n) is 5.11. The lowest BCUT2D eigenvalue weighted by Gasteiger charge is -2.19. The van der Waals surface area contributed by atoms with Gasteiger partial charge in [-0.3, -0.25) is 0 Å². The highest BCUT2D eigenvalue weighted by molar-refractivity contribution is 5.34. The fourth-order valence-corrected chi connectivity index (χ4v) is 1.60. The van der Waals surface area contributed by atoms with E-state index in [2.05, 4.69) is 39.0 Å². The third kappa shape index (κ3) is 3.10. The van der Waals surface area contributed by atoms with Crippen LogP contribution in [0.3, 0.4) is 0 Å². The van der Waals surface area contributed by atoms with Gasteiger partial charge in [0.15, 0.2) is 0 Å². The molecule has 0 aliphatic carbocycles. The molecule has 2 aromatic rings. The van der Waals surface area contributed by atoms with Crippen molar-refractivity contribution >= 4 is 0 Å². The summed E-state index contributed by atoms with van der Waals surface area (Å²) in [6.45, 7) is 6.61. The molecule has 0 amide bonds. The van der Waals surface area contributed by atoms with Crippen LogP contribution < -0.4 is 4.74 Å². The van der Waals surface area contributed by atoms with Gasteiger partial charge in [-0.2, -0.15) is 0 Å². The zero-order chi connectivity index (χ0) is 12.3. The molecule has 2 rings (SSSR count). The van der Waals surface area contributed by atoms with Gasteiger partial charge in [0.25, 0.3) is 0 Å². The summed E-state index contributed by atoms with van der Waals surface area (Å²) in [5.41, 5.74) is 1.49. The summed E-state index contributed by atoms with van der Waals surface area (Å²) < 4.78 is 5.73. The van der Waals surface area contributed by atoms with E-state index in [1.807, 2.05) is 36.4 Å². The van der Waals surface area contributed by atoms with Crippen LogP contribution in [-0.2, 0) is 5.41 Å². The van der Waals surface area contributed by atoms with Gasteiger partial charge >= 0.3 is 0 Å². The van der Waals surface area contributed by atoms with Crippen molar-refractivity contribution in [3.63, 3.8) is 0 Å². The van der Waals surface area contributed by atoms with Crippen molar-refractivity contribution < 1.29 is 4.74 Å². The molecule has 0 aromatic heterocycles. The van der Waals surface area contributed by atoms with Gasteiger partial charge in [-0.15, -0.1) is 0 Å². The Hall–Kier alpha value is -1.76. The average Bonchev–Trinajstić information content (AvgIpc) is 2.30. The minimum atomic E-state index is 0.181. The molecule has 0 bridgehead atoms. The van der Waals surface area contributed by atoms with E-state index >= 15 is 0 Å². The maximum atomic E-state index is 5.73. The average molecular weight is 225 g/mol. The molecule has 0 aliphatic rings. The van der Waals surface area contributed by atoms with Crippen LogP contribution in [0.25, 0.3) is 0 Å². The SMILES string of the molecule is CC(C)(C)c1ccc(Oc2cc[c]cc2)cc1. The molecule has 17 heavy (non-hydrogen) atoms. The van der Waals surface area contributed by atoms with Crippen molar-refractivity contribution in [1.82, 2.24) is 0 Å².